The van der Waals surface area contributed by atoms with E-state index in [-0.39, 0.29) is 29.1 Å². The number of pyridine rings is 1. The van der Waals surface area contributed by atoms with Crippen molar-refractivity contribution in [2.75, 3.05) is 5.32 Å². The SMILES string of the molecule is CC[C@@H](C(=N)C(=O)c1ccc(-c2ccc(NC(=O)c3nc(-c4ccccc4)oc3C(F)(F)F)cn2)cc1)C(=O)O. The van der Waals surface area contributed by atoms with E-state index in [0.717, 1.165) is 0 Å². The van der Waals surface area contributed by atoms with Crippen LogP contribution in [0.4, 0.5) is 18.9 Å². The number of carboxylic acid groups (broad SMARTS) is 1. The highest BCUT2D eigenvalue weighted by Gasteiger charge is 2.42. The average Bonchev–Trinajstić information content (AvgIpc) is 3.41. The van der Waals surface area contributed by atoms with E-state index in [1.165, 1.54) is 42.6 Å². The van der Waals surface area contributed by atoms with Crippen molar-refractivity contribution in [3.63, 3.8) is 0 Å². The predicted octanol–water partition coefficient (Wildman–Crippen LogP) is 5.99. The van der Waals surface area contributed by atoms with Crippen molar-refractivity contribution < 1.29 is 37.1 Å². The number of anilines is 1. The number of Topliss-reactive ketones (excluding diaryl/α,β-unsaturated/α-hetero) is 1. The van der Waals surface area contributed by atoms with Crippen LogP contribution in [0, 0.1) is 11.3 Å². The van der Waals surface area contributed by atoms with Gasteiger partial charge in [0.05, 0.1) is 23.3 Å². The highest BCUT2D eigenvalue weighted by atomic mass is 19.4. The molecule has 0 bridgehead atoms. The number of carboxylic acids is 1. The maximum atomic E-state index is 13.5. The molecule has 2 aromatic heterocycles. The van der Waals surface area contributed by atoms with Crippen molar-refractivity contribution in [3.8, 4) is 22.7 Å². The van der Waals surface area contributed by atoms with Gasteiger partial charge < -0.3 is 20.2 Å². The number of oxazole rings is 1. The number of nitrogens with one attached hydrogen (secondary N) is 2. The first-order valence-electron chi connectivity index (χ1n) is 11.9. The molecule has 0 unspecified atom stereocenters. The zero-order valence-corrected chi connectivity index (χ0v) is 20.8. The lowest BCUT2D eigenvalue weighted by molar-refractivity contribution is -0.153. The third-order valence-corrected chi connectivity index (χ3v) is 5.88. The average molecular weight is 550 g/mol. The summed E-state index contributed by atoms with van der Waals surface area (Å²) in [5, 5.41) is 19.4. The fourth-order valence-electron chi connectivity index (χ4n) is 3.81. The normalized spacial score (nSPS) is 12.0. The summed E-state index contributed by atoms with van der Waals surface area (Å²) in [4.78, 5) is 44.4. The van der Waals surface area contributed by atoms with E-state index >= 15 is 0 Å². The van der Waals surface area contributed by atoms with Crippen LogP contribution in [0.25, 0.3) is 22.7 Å². The van der Waals surface area contributed by atoms with Crippen LogP contribution in [-0.2, 0) is 11.0 Å². The molecule has 0 aliphatic heterocycles. The summed E-state index contributed by atoms with van der Waals surface area (Å²) in [6.07, 6.45) is -3.61. The summed E-state index contributed by atoms with van der Waals surface area (Å²) in [7, 11) is 0. The number of benzene rings is 2. The number of alkyl halides is 3. The van der Waals surface area contributed by atoms with Crippen LogP contribution >= 0.6 is 0 Å². The van der Waals surface area contributed by atoms with Crippen molar-refractivity contribution in [2.24, 2.45) is 5.92 Å². The van der Waals surface area contributed by atoms with E-state index in [0.29, 0.717) is 11.3 Å². The molecule has 0 spiro atoms. The number of amides is 1. The summed E-state index contributed by atoms with van der Waals surface area (Å²) in [6, 6.07) is 16.8. The number of hydrogen-bond donors (Lipinski definition) is 3. The lowest BCUT2D eigenvalue weighted by Crippen LogP contribution is -2.29. The second-order valence-electron chi connectivity index (χ2n) is 8.57. The number of ketones is 1. The van der Waals surface area contributed by atoms with Gasteiger partial charge in [0.25, 0.3) is 5.91 Å². The molecule has 40 heavy (non-hydrogen) atoms. The molecule has 9 nitrogen and oxygen atoms in total. The van der Waals surface area contributed by atoms with Crippen molar-refractivity contribution in [1.82, 2.24) is 9.97 Å². The van der Waals surface area contributed by atoms with Crippen LogP contribution in [0.1, 0.15) is 40.0 Å². The molecule has 0 saturated heterocycles. The molecule has 4 aromatic rings. The number of carbonyl (C=O) groups excluding carboxylic acids is 2. The molecule has 0 aliphatic carbocycles. The van der Waals surface area contributed by atoms with Gasteiger partial charge in [-0.05, 0) is 30.7 Å². The van der Waals surface area contributed by atoms with Crippen LogP contribution in [0.3, 0.4) is 0 Å². The Hall–Kier alpha value is -5.13. The second-order valence-corrected chi connectivity index (χ2v) is 8.57. The number of rotatable bonds is 9. The minimum atomic E-state index is -4.95. The molecule has 204 valence electrons. The molecule has 0 aliphatic rings. The molecule has 4 rings (SSSR count). The molecule has 2 heterocycles. The largest absolute Gasteiger partial charge is 0.481 e. The zero-order chi connectivity index (χ0) is 29.0. The molecule has 1 atom stereocenters. The Morgan fingerprint density at radius 3 is 2.23 bits per heavy atom. The van der Waals surface area contributed by atoms with Gasteiger partial charge in [0.1, 0.15) is 5.92 Å². The smallest absolute Gasteiger partial charge is 0.452 e. The maximum absolute atomic E-state index is 13.5. The van der Waals surface area contributed by atoms with E-state index in [9.17, 15) is 32.7 Å². The molecule has 12 heteroatoms. The monoisotopic (exact) mass is 550 g/mol. The first kappa shape index (κ1) is 27.9. The number of halogens is 3. The molecule has 0 fully saturated rings. The minimum Gasteiger partial charge on any atom is -0.481 e. The second kappa shape index (κ2) is 11.3. The van der Waals surface area contributed by atoms with Gasteiger partial charge in [-0.3, -0.25) is 19.4 Å². The number of nitrogens with zero attached hydrogens (tertiary/aromatic N) is 2. The first-order valence-corrected chi connectivity index (χ1v) is 11.9. The van der Waals surface area contributed by atoms with Crippen molar-refractivity contribution in [1.29, 1.82) is 5.41 Å². The predicted molar refractivity (Wildman–Crippen MR) is 138 cm³/mol. The lowest BCUT2D eigenvalue weighted by Gasteiger charge is -2.11. The summed E-state index contributed by atoms with van der Waals surface area (Å²) >= 11 is 0. The fraction of sp³-hybridized carbons (Fsp3) is 0.143. The number of aromatic nitrogens is 2. The van der Waals surface area contributed by atoms with E-state index in [2.05, 4.69) is 15.3 Å². The highest BCUT2D eigenvalue weighted by Crippen LogP contribution is 2.35. The highest BCUT2D eigenvalue weighted by molar-refractivity contribution is 6.47. The van der Waals surface area contributed by atoms with E-state index in [1.807, 2.05) is 0 Å². The van der Waals surface area contributed by atoms with Crippen LogP contribution in [0.15, 0.2) is 77.3 Å². The van der Waals surface area contributed by atoms with Crippen LogP contribution in [0.5, 0.6) is 0 Å². The van der Waals surface area contributed by atoms with Crippen LogP contribution in [-0.4, -0.2) is 38.4 Å². The van der Waals surface area contributed by atoms with Crippen molar-refractivity contribution >= 4 is 29.1 Å². The van der Waals surface area contributed by atoms with E-state index in [1.54, 1.807) is 37.3 Å². The van der Waals surface area contributed by atoms with Crippen LogP contribution < -0.4 is 5.32 Å². The standard InChI is InChI=1S/C28H21F3N4O5/c1-2-19(27(38)39)21(32)23(36)16-10-8-15(9-11-16)20-13-12-18(14-33-20)34-25(37)22-24(28(29,30)31)40-26(35-22)17-6-4-3-5-7-17/h3-14,19,32H,2H2,1H3,(H,34,37)(H,38,39)/t19-/m0/s1. The number of aliphatic carboxylic acids is 1. The van der Waals surface area contributed by atoms with Gasteiger partial charge in [0.2, 0.25) is 17.4 Å². The van der Waals surface area contributed by atoms with Crippen molar-refractivity contribution in [3.05, 3.63) is 89.9 Å². The van der Waals surface area contributed by atoms with Crippen LogP contribution in [0.2, 0.25) is 0 Å². The molecule has 2 aromatic carbocycles. The number of carbonyl (C=O) groups is 3. The number of hydrogen-bond acceptors (Lipinski definition) is 7. The fourth-order valence-corrected chi connectivity index (χ4v) is 3.81. The molecule has 0 radical (unpaired) electrons. The third-order valence-electron chi connectivity index (χ3n) is 5.88. The first-order chi connectivity index (χ1) is 19.0. The Morgan fingerprint density at radius 1 is 1.00 bits per heavy atom. The molecular formula is C28H21F3N4O5. The summed E-state index contributed by atoms with van der Waals surface area (Å²) in [6.45, 7) is 1.57. The zero-order valence-electron chi connectivity index (χ0n) is 20.8. The van der Waals surface area contributed by atoms with Gasteiger partial charge in [0.15, 0.2) is 5.69 Å². The Morgan fingerprint density at radius 2 is 1.68 bits per heavy atom. The summed E-state index contributed by atoms with van der Waals surface area (Å²) < 4.78 is 45.5. The summed E-state index contributed by atoms with van der Waals surface area (Å²) in [5.74, 6) is -6.16. The van der Waals surface area contributed by atoms with Gasteiger partial charge >= 0.3 is 12.1 Å². The quantitative estimate of drug-likeness (QED) is 0.171. The van der Waals surface area contributed by atoms with E-state index < -0.39 is 46.9 Å². The topological polar surface area (TPSA) is 146 Å². The minimum absolute atomic E-state index is 0.102. The van der Waals surface area contributed by atoms with Gasteiger partial charge in [-0.2, -0.15) is 13.2 Å². The van der Waals surface area contributed by atoms with Gasteiger partial charge in [-0.15, -0.1) is 0 Å². The Labute approximate surface area is 225 Å². The van der Waals surface area contributed by atoms with Crippen molar-refractivity contribution in [2.45, 2.75) is 19.5 Å². The van der Waals surface area contributed by atoms with E-state index in [4.69, 9.17) is 9.83 Å². The Kier molecular flexibility index (Phi) is 7.89. The van der Waals surface area contributed by atoms with Gasteiger partial charge in [-0.25, -0.2) is 4.98 Å². The molecule has 3 N–H and O–H groups in total. The summed E-state index contributed by atoms with van der Waals surface area (Å²) in [5.41, 5.74) is 0.0650. The Balaban J connectivity index is 1.50. The van der Waals surface area contributed by atoms with Gasteiger partial charge in [0, 0.05) is 16.7 Å². The maximum Gasteiger partial charge on any atom is 0.452 e. The van der Waals surface area contributed by atoms with Gasteiger partial charge in [-0.1, -0.05) is 49.4 Å². The Bertz CT molecular complexity index is 1560. The molecular weight excluding hydrogens is 529 g/mol. The lowest BCUT2D eigenvalue weighted by atomic mass is 9.93. The molecule has 1 amide bonds. The molecule has 0 saturated carbocycles. The third kappa shape index (κ3) is 5.96.